The number of hydrogen-bond donors (Lipinski definition) is 10. The number of allylic oxidation sites excluding steroid dienone is 1. The van der Waals surface area contributed by atoms with Crippen molar-refractivity contribution < 1.29 is 84.2 Å². The predicted molar refractivity (Wildman–Crippen MR) is 212 cm³/mol. The lowest BCUT2D eigenvalue weighted by molar-refractivity contribution is -0.362. The summed E-state index contributed by atoms with van der Waals surface area (Å²) < 4.78 is 42.6. The third kappa shape index (κ3) is 8.00. The molecule has 7 fully saturated rings. The van der Waals surface area contributed by atoms with Gasteiger partial charge in [0.2, 0.25) is 0 Å². The van der Waals surface area contributed by atoms with Crippen LogP contribution in [0.2, 0.25) is 0 Å². The summed E-state index contributed by atoms with van der Waals surface area (Å²) in [4.78, 5) is 0. The summed E-state index contributed by atoms with van der Waals surface area (Å²) in [5.74, 6) is -0.592. The minimum Gasteiger partial charge on any atom is -0.393 e. The zero-order valence-electron chi connectivity index (χ0n) is 36.3. The molecule has 0 amide bonds. The van der Waals surface area contributed by atoms with Crippen LogP contribution in [-0.2, 0) is 33.2 Å². The maximum absolute atomic E-state index is 12.1. The molecule has 61 heavy (non-hydrogen) atoms. The molecule has 4 aliphatic carbocycles. The van der Waals surface area contributed by atoms with E-state index in [4.69, 9.17) is 33.2 Å². The van der Waals surface area contributed by atoms with Crippen LogP contribution in [0.3, 0.4) is 0 Å². The zero-order chi connectivity index (χ0) is 44.1. The lowest BCUT2D eigenvalue weighted by Gasteiger charge is -2.60. The Labute approximate surface area is 357 Å². The van der Waals surface area contributed by atoms with Crippen molar-refractivity contribution in [2.45, 2.75) is 203 Å². The standard InChI is InChI=1S/C44H72O17/c1-18(16-55-39-36(52)34(50)31(47)20(3)57-39)9-12-44(54)19(2)30-28(61-44)15-26-24-8-7-22-13-23(45)14-29(43(22,6)25(24)10-11-42(26,30)5)59-41-38(33(49)27(46)17-56-41)60-40-37(53)35(51)32(48)21(4)58-40/h7,18-21,23-41,45-54H,8-17H2,1-6H3. The Morgan fingerprint density at radius 2 is 1.44 bits per heavy atom. The summed E-state index contributed by atoms with van der Waals surface area (Å²) in [6, 6.07) is 0. The third-order valence-corrected chi connectivity index (χ3v) is 17.0. The first-order chi connectivity index (χ1) is 28.7. The molecule has 4 saturated heterocycles. The van der Waals surface area contributed by atoms with Gasteiger partial charge in [-0.15, -0.1) is 0 Å². The van der Waals surface area contributed by atoms with Gasteiger partial charge in [-0.05, 0) is 87.4 Å². The van der Waals surface area contributed by atoms with Gasteiger partial charge in [0.1, 0.15) is 54.9 Å². The summed E-state index contributed by atoms with van der Waals surface area (Å²) in [6.07, 6.45) is -11.9. The van der Waals surface area contributed by atoms with Gasteiger partial charge < -0.3 is 84.2 Å². The number of fused-ring (bicyclic) bond motifs is 7. The molecule has 0 aromatic heterocycles. The first-order valence-electron chi connectivity index (χ1n) is 22.8. The van der Waals surface area contributed by atoms with E-state index >= 15 is 0 Å². The van der Waals surface area contributed by atoms with E-state index in [1.807, 2.05) is 6.92 Å². The van der Waals surface area contributed by atoms with E-state index in [0.717, 1.165) is 31.3 Å². The molecule has 4 heterocycles. The van der Waals surface area contributed by atoms with E-state index in [1.54, 1.807) is 6.92 Å². The summed E-state index contributed by atoms with van der Waals surface area (Å²) in [5.41, 5.74) is 0.496. The van der Waals surface area contributed by atoms with Crippen molar-refractivity contribution in [2.75, 3.05) is 13.2 Å². The first kappa shape index (κ1) is 46.6. The molecule has 8 aliphatic rings. The predicted octanol–water partition coefficient (Wildman–Crippen LogP) is -0.194. The van der Waals surface area contributed by atoms with Crippen molar-refractivity contribution in [3.05, 3.63) is 11.6 Å². The molecule has 17 nitrogen and oxygen atoms in total. The monoisotopic (exact) mass is 872 g/mol. The summed E-state index contributed by atoms with van der Waals surface area (Å²) in [5, 5.41) is 107. The highest BCUT2D eigenvalue weighted by Crippen LogP contribution is 2.70. The molecular weight excluding hydrogens is 800 g/mol. The number of aliphatic hydroxyl groups is 10. The highest BCUT2D eigenvalue weighted by Gasteiger charge is 2.69. The molecule has 0 aromatic carbocycles. The minimum absolute atomic E-state index is 0.0192. The van der Waals surface area contributed by atoms with Crippen LogP contribution >= 0.6 is 0 Å². The average molecular weight is 873 g/mol. The van der Waals surface area contributed by atoms with E-state index in [2.05, 4.69) is 26.8 Å². The number of hydrogen-bond acceptors (Lipinski definition) is 17. The van der Waals surface area contributed by atoms with Gasteiger partial charge >= 0.3 is 0 Å². The highest BCUT2D eigenvalue weighted by molar-refractivity contribution is 5.28. The van der Waals surface area contributed by atoms with Crippen molar-refractivity contribution in [3.8, 4) is 0 Å². The fourth-order valence-electron chi connectivity index (χ4n) is 13.3. The summed E-state index contributed by atoms with van der Waals surface area (Å²) in [6.45, 7) is 11.8. The molecule has 8 rings (SSSR count). The molecule has 0 radical (unpaired) electrons. The smallest absolute Gasteiger partial charge is 0.187 e. The maximum atomic E-state index is 12.1. The lowest BCUT2D eigenvalue weighted by atomic mass is 9.46. The summed E-state index contributed by atoms with van der Waals surface area (Å²) >= 11 is 0. The Hall–Kier alpha value is -0.940. The second-order valence-corrected chi connectivity index (χ2v) is 20.6. The highest BCUT2D eigenvalue weighted by atomic mass is 16.8. The molecule has 17 heteroatoms. The minimum atomic E-state index is -1.65. The van der Waals surface area contributed by atoms with Crippen molar-refractivity contribution in [2.24, 2.45) is 46.3 Å². The van der Waals surface area contributed by atoms with Crippen LogP contribution in [0.15, 0.2) is 11.6 Å². The Balaban J connectivity index is 0.940. The second kappa shape index (κ2) is 17.4. The van der Waals surface area contributed by atoms with Crippen LogP contribution in [0.4, 0.5) is 0 Å². The van der Waals surface area contributed by atoms with E-state index in [9.17, 15) is 51.1 Å². The Kier molecular flexibility index (Phi) is 13.3. The van der Waals surface area contributed by atoms with Gasteiger partial charge in [0, 0.05) is 24.2 Å². The largest absolute Gasteiger partial charge is 0.393 e. The van der Waals surface area contributed by atoms with Crippen molar-refractivity contribution in [3.63, 3.8) is 0 Å². The molecule has 0 bridgehead atoms. The SMILES string of the molecule is CC(CCC1(O)OC2CC3C4CC=C5CC(O)CC(OC6OCC(O)C(O)C6OC6OC(C)C(O)C(O)C6O)C5(C)C4CCC3(C)C2C1C)COC1OC(C)C(O)C(O)C1O. The molecule has 3 saturated carbocycles. The quantitative estimate of drug-likeness (QED) is 0.128. The van der Waals surface area contributed by atoms with Crippen LogP contribution in [0.1, 0.15) is 92.9 Å². The van der Waals surface area contributed by atoms with Gasteiger partial charge in [0.15, 0.2) is 24.7 Å². The fraction of sp³-hybridized carbons (Fsp3) is 0.955. The lowest BCUT2D eigenvalue weighted by Crippen LogP contribution is -2.63. The number of aliphatic hydroxyl groups excluding tert-OH is 9. The number of rotatable bonds is 10. The van der Waals surface area contributed by atoms with Crippen LogP contribution in [-0.4, -0.2) is 174 Å². The van der Waals surface area contributed by atoms with E-state index in [-0.39, 0.29) is 54.3 Å². The average Bonchev–Trinajstić information content (AvgIpc) is 3.66. The number of ether oxygens (including phenoxy) is 7. The molecular formula is C44H72O17. The topological polar surface area (TPSA) is 267 Å². The Bertz CT molecular complexity index is 1570. The molecule has 350 valence electrons. The van der Waals surface area contributed by atoms with Gasteiger partial charge in [-0.3, -0.25) is 0 Å². The van der Waals surface area contributed by atoms with Gasteiger partial charge in [-0.1, -0.05) is 39.3 Å². The third-order valence-electron chi connectivity index (χ3n) is 17.0. The van der Waals surface area contributed by atoms with E-state index in [0.29, 0.717) is 31.6 Å². The van der Waals surface area contributed by atoms with Crippen LogP contribution in [0, 0.1) is 46.3 Å². The van der Waals surface area contributed by atoms with Crippen LogP contribution in [0.25, 0.3) is 0 Å². The second-order valence-electron chi connectivity index (χ2n) is 20.6. The molecule has 10 N–H and O–H groups in total. The molecule has 26 atom stereocenters. The van der Waals surface area contributed by atoms with Crippen molar-refractivity contribution in [1.82, 2.24) is 0 Å². The molecule has 0 aromatic rings. The Morgan fingerprint density at radius 1 is 0.787 bits per heavy atom. The van der Waals surface area contributed by atoms with Gasteiger partial charge in [0.25, 0.3) is 0 Å². The first-order valence-corrected chi connectivity index (χ1v) is 22.8. The van der Waals surface area contributed by atoms with E-state index in [1.165, 1.54) is 6.92 Å². The van der Waals surface area contributed by atoms with Crippen LogP contribution < -0.4 is 0 Å². The van der Waals surface area contributed by atoms with E-state index < -0.39 is 109 Å². The fourth-order valence-corrected chi connectivity index (χ4v) is 13.3. The van der Waals surface area contributed by atoms with Gasteiger partial charge in [-0.25, -0.2) is 0 Å². The Morgan fingerprint density at radius 3 is 2.13 bits per heavy atom. The van der Waals surface area contributed by atoms with Gasteiger partial charge in [0.05, 0.1) is 43.7 Å². The van der Waals surface area contributed by atoms with Crippen molar-refractivity contribution >= 4 is 0 Å². The normalized spacial score (nSPS) is 56.4. The zero-order valence-corrected chi connectivity index (χ0v) is 36.3. The van der Waals surface area contributed by atoms with Crippen LogP contribution in [0.5, 0.6) is 0 Å². The molecule has 0 spiro atoms. The van der Waals surface area contributed by atoms with Crippen molar-refractivity contribution in [1.29, 1.82) is 0 Å². The van der Waals surface area contributed by atoms with Gasteiger partial charge in [-0.2, -0.15) is 0 Å². The summed E-state index contributed by atoms with van der Waals surface area (Å²) in [7, 11) is 0. The molecule has 4 aliphatic heterocycles. The molecule has 26 unspecified atom stereocenters. The maximum Gasteiger partial charge on any atom is 0.187 e.